The van der Waals surface area contributed by atoms with Gasteiger partial charge in [0, 0.05) is 12.1 Å². The third-order valence-corrected chi connectivity index (χ3v) is 2.09. The minimum Gasteiger partial charge on any atom is -0.283 e. The van der Waals surface area contributed by atoms with Crippen molar-refractivity contribution in [1.29, 1.82) is 0 Å². The van der Waals surface area contributed by atoms with Gasteiger partial charge in [0.15, 0.2) is 0 Å². The summed E-state index contributed by atoms with van der Waals surface area (Å²) in [5, 5.41) is 2.56. The van der Waals surface area contributed by atoms with Crippen LogP contribution in [-0.2, 0) is 6.42 Å². The normalized spacial score (nSPS) is 10.1. The quantitative estimate of drug-likeness (QED) is 0.597. The molecule has 0 unspecified atom stereocenters. The van der Waals surface area contributed by atoms with E-state index in [9.17, 15) is 4.79 Å². The number of allylic oxidation sites excluding steroid dienone is 1. The van der Waals surface area contributed by atoms with Gasteiger partial charge >= 0.3 is 11.3 Å². The molecule has 0 amide bonds. The van der Waals surface area contributed by atoms with Gasteiger partial charge in [-0.05, 0) is 9.95 Å². The van der Waals surface area contributed by atoms with Crippen LogP contribution in [0.3, 0.4) is 0 Å². The zero-order valence-electron chi connectivity index (χ0n) is 8.14. The van der Waals surface area contributed by atoms with E-state index in [2.05, 4.69) is 11.9 Å². The molecule has 0 bridgehead atoms. The Morgan fingerprint density at radius 1 is 1.40 bits per heavy atom. The number of para-hydroxylation sites is 1. The lowest BCUT2D eigenvalue weighted by atomic mass is 10.3. The molecule has 2 rings (SSSR count). The first-order chi connectivity index (χ1) is 7.33. The molecule has 4 heteroatoms. The number of nitrogens with zero attached hydrogens (tertiary/aromatic N) is 1. The van der Waals surface area contributed by atoms with Crippen LogP contribution in [0.15, 0.2) is 52.3 Å². The number of hydrogen-bond acceptors (Lipinski definition) is 2. The molecule has 1 aromatic carbocycles. The molecule has 0 aliphatic carbocycles. The molecule has 15 heavy (non-hydrogen) atoms. The summed E-state index contributed by atoms with van der Waals surface area (Å²) in [4.78, 5) is 11.3. The van der Waals surface area contributed by atoms with Crippen LogP contribution in [0.5, 0.6) is 0 Å². The summed E-state index contributed by atoms with van der Waals surface area (Å²) in [6, 6.07) is 9.47. The summed E-state index contributed by atoms with van der Waals surface area (Å²) in [7, 11) is 0. The van der Waals surface area contributed by atoms with Gasteiger partial charge in [0.25, 0.3) is 0 Å². The molecule has 0 fully saturated rings. The van der Waals surface area contributed by atoms with Gasteiger partial charge in [0.2, 0.25) is 5.69 Å². The van der Waals surface area contributed by atoms with Crippen LogP contribution >= 0.6 is 0 Å². The van der Waals surface area contributed by atoms with Crippen molar-refractivity contribution in [3.63, 3.8) is 0 Å². The SMILES string of the molecule is C=CCc1c(=O)o[nH][n+]1-c1ccccc1. The molecule has 0 spiro atoms. The van der Waals surface area contributed by atoms with Gasteiger partial charge in [-0.15, -0.1) is 6.58 Å². The minimum absolute atomic E-state index is 0.362. The maximum Gasteiger partial charge on any atom is 0.430 e. The molecule has 2 aromatic rings. The van der Waals surface area contributed by atoms with E-state index in [4.69, 9.17) is 4.52 Å². The van der Waals surface area contributed by atoms with Crippen molar-refractivity contribution in [2.24, 2.45) is 0 Å². The van der Waals surface area contributed by atoms with Gasteiger partial charge in [-0.3, -0.25) is 4.52 Å². The van der Waals surface area contributed by atoms with Crippen LogP contribution in [-0.4, -0.2) is 5.27 Å². The molecule has 4 nitrogen and oxygen atoms in total. The second kappa shape index (κ2) is 3.96. The van der Waals surface area contributed by atoms with Gasteiger partial charge in [0.05, 0.1) is 6.42 Å². The average Bonchev–Trinajstić information content (AvgIpc) is 2.63. The molecular weight excluding hydrogens is 192 g/mol. The average molecular weight is 203 g/mol. The lowest BCUT2D eigenvalue weighted by molar-refractivity contribution is -0.676. The predicted octanol–water partition coefficient (Wildman–Crippen LogP) is 0.973. The van der Waals surface area contributed by atoms with Crippen molar-refractivity contribution in [2.75, 3.05) is 0 Å². The fourth-order valence-electron chi connectivity index (χ4n) is 1.39. The van der Waals surface area contributed by atoms with Crippen molar-refractivity contribution in [3.8, 4) is 5.69 Å². The maximum atomic E-state index is 11.3. The van der Waals surface area contributed by atoms with Crippen molar-refractivity contribution >= 4 is 0 Å². The van der Waals surface area contributed by atoms with Crippen LogP contribution in [0.1, 0.15) is 5.69 Å². The second-order valence-electron chi connectivity index (χ2n) is 3.09. The second-order valence-corrected chi connectivity index (χ2v) is 3.09. The number of hydrogen-bond donors (Lipinski definition) is 1. The van der Waals surface area contributed by atoms with E-state index >= 15 is 0 Å². The Bertz CT molecular complexity index is 511. The first-order valence-electron chi connectivity index (χ1n) is 4.61. The smallest absolute Gasteiger partial charge is 0.283 e. The Balaban J connectivity index is 2.54. The molecule has 0 saturated heterocycles. The van der Waals surface area contributed by atoms with Crippen molar-refractivity contribution < 1.29 is 9.20 Å². The molecule has 0 radical (unpaired) electrons. The zero-order valence-corrected chi connectivity index (χ0v) is 8.14. The largest absolute Gasteiger partial charge is 0.430 e. The number of aromatic amines is 1. The maximum absolute atomic E-state index is 11.3. The van der Waals surface area contributed by atoms with E-state index < -0.39 is 0 Å². The van der Waals surface area contributed by atoms with Crippen molar-refractivity contribution in [3.05, 3.63) is 59.1 Å². The van der Waals surface area contributed by atoms with Gasteiger partial charge in [0.1, 0.15) is 0 Å². The van der Waals surface area contributed by atoms with Gasteiger partial charge in [-0.2, -0.15) is 0 Å². The molecule has 0 saturated carbocycles. The fourth-order valence-corrected chi connectivity index (χ4v) is 1.39. The van der Waals surface area contributed by atoms with Crippen LogP contribution in [0.2, 0.25) is 0 Å². The van der Waals surface area contributed by atoms with E-state index in [1.54, 1.807) is 10.8 Å². The highest BCUT2D eigenvalue weighted by atomic mass is 16.5. The van der Waals surface area contributed by atoms with Gasteiger partial charge < -0.3 is 0 Å². The molecule has 1 heterocycles. The topological polar surface area (TPSA) is 49.9 Å². The third kappa shape index (κ3) is 1.74. The Labute approximate surface area is 86.4 Å². The van der Waals surface area contributed by atoms with Crippen LogP contribution in [0.25, 0.3) is 5.69 Å². The Kier molecular flexibility index (Phi) is 2.49. The van der Waals surface area contributed by atoms with Gasteiger partial charge in [-0.1, -0.05) is 24.3 Å². The van der Waals surface area contributed by atoms with Crippen molar-refractivity contribution in [2.45, 2.75) is 6.42 Å². The molecule has 1 aromatic heterocycles. The first kappa shape index (κ1) is 9.45. The minimum atomic E-state index is -0.362. The highest BCUT2D eigenvalue weighted by Crippen LogP contribution is 1.98. The molecule has 0 atom stereocenters. The number of aromatic nitrogens is 2. The number of nitrogens with one attached hydrogen (secondary N) is 1. The standard InChI is InChI=1S/C11H10N2O2/c1-2-6-10-11(14)15-12-13(10)9-7-4-3-5-8-9/h2-5,7-8H,1,6H2/p+1. The molecular formula is C11H11N2O2+. The highest BCUT2D eigenvalue weighted by molar-refractivity contribution is 5.21. The summed E-state index contributed by atoms with van der Waals surface area (Å²) in [6.07, 6.45) is 2.14. The van der Waals surface area contributed by atoms with Crippen LogP contribution in [0, 0.1) is 0 Å². The molecule has 1 N–H and O–H groups in total. The zero-order chi connectivity index (χ0) is 10.7. The molecule has 0 aliphatic rings. The van der Waals surface area contributed by atoms with E-state index in [1.807, 2.05) is 30.3 Å². The Morgan fingerprint density at radius 3 is 2.80 bits per heavy atom. The summed E-state index contributed by atoms with van der Waals surface area (Å²) >= 11 is 0. The van der Waals surface area contributed by atoms with E-state index in [-0.39, 0.29) is 5.63 Å². The lowest BCUT2D eigenvalue weighted by Crippen LogP contribution is -2.38. The third-order valence-electron chi connectivity index (χ3n) is 2.09. The summed E-state index contributed by atoms with van der Waals surface area (Å²) in [5.74, 6) is 0. The fraction of sp³-hybridized carbons (Fsp3) is 0.0909. The Hall–Kier alpha value is -2.10. The number of H-pyrrole nitrogens is 1. The molecule has 0 aliphatic heterocycles. The monoisotopic (exact) mass is 203 g/mol. The number of rotatable bonds is 3. The molecule has 76 valence electrons. The van der Waals surface area contributed by atoms with Crippen LogP contribution in [0.4, 0.5) is 0 Å². The highest BCUT2D eigenvalue weighted by Gasteiger charge is 2.20. The summed E-state index contributed by atoms with van der Waals surface area (Å²) in [6.45, 7) is 3.60. The predicted molar refractivity (Wildman–Crippen MR) is 54.8 cm³/mol. The van der Waals surface area contributed by atoms with Crippen molar-refractivity contribution in [1.82, 2.24) is 5.27 Å². The summed E-state index contributed by atoms with van der Waals surface area (Å²) in [5.41, 5.74) is 1.04. The van der Waals surface area contributed by atoms with E-state index in [0.29, 0.717) is 12.1 Å². The van der Waals surface area contributed by atoms with E-state index in [1.165, 1.54) is 0 Å². The van der Waals surface area contributed by atoms with Gasteiger partial charge in [-0.25, -0.2) is 4.79 Å². The lowest BCUT2D eigenvalue weighted by Gasteiger charge is -1.90. The summed E-state index contributed by atoms with van der Waals surface area (Å²) < 4.78 is 6.35. The van der Waals surface area contributed by atoms with E-state index in [0.717, 1.165) is 5.69 Å². The number of benzene rings is 1. The first-order valence-corrected chi connectivity index (χ1v) is 4.61. The Morgan fingerprint density at radius 2 is 2.13 bits per heavy atom. The van der Waals surface area contributed by atoms with Crippen LogP contribution < -0.4 is 10.3 Å².